The van der Waals surface area contributed by atoms with Crippen molar-refractivity contribution in [3.05, 3.63) is 16.6 Å². The van der Waals surface area contributed by atoms with E-state index in [1.807, 2.05) is 10.3 Å². The molecular weight excluding hydrogens is 198 g/mol. The lowest BCUT2D eigenvalue weighted by molar-refractivity contribution is 0.0766. The Hall–Kier alpha value is -0.940. The van der Waals surface area contributed by atoms with E-state index in [1.54, 1.807) is 6.20 Å². The molecule has 1 aromatic heterocycles. The second-order valence-corrected chi connectivity index (χ2v) is 4.13. The van der Waals surface area contributed by atoms with E-state index in [1.165, 1.54) is 11.3 Å². The molecule has 1 aliphatic rings. The average Bonchev–Trinajstić information content (AvgIpc) is 2.59. The van der Waals surface area contributed by atoms with Gasteiger partial charge in [-0.1, -0.05) is 0 Å². The minimum atomic E-state index is 0.0729. The van der Waals surface area contributed by atoms with Gasteiger partial charge in [0.15, 0.2) is 5.01 Å². The SMILES string of the molecule is O=C(c1nccs1)N1CCCNCC1. The van der Waals surface area contributed by atoms with Crippen molar-refractivity contribution < 1.29 is 4.79 Å². The van der Waals surface area contributed by atoms with E-state index in [4.69, 9.17) is 0 Å². The molecule has 2 rings (SSSR count). The molecule has 1 aliphatic heterocycles. The Morgan fingerprint density at radius 1 is 1.50 bits per heavy atom. The average molecular weight is 211 g/mol. The quantitative estimate of drug-likeness (QED) is 0.739. The number of aromatic nitrogens is 1. The number of hydrogen-bond donors (Lipinski definition) is 1. The van der Waals surface area contributed by atoms with Crippen LogP contribution in [0.3, 0.4) is 0 Å². The fourth-order valence-corrected chi connectivity index (χ4v) is 2.12. The lowest BCUT2D eigenvalue weighted by atomic mass is 10.4. The van der Waals surface area contributed by atoms with Gasteiger partial charge in [0.25, 0.3) is 5.91 Å². The minimum absolute atomic E-state index is 0.0729. The van der Waals surface area contributed by atoms with Crippen LogP contribution in [-0.2, 0) is 0 Å². The molecule has 0 unspecified atom stereocenters. The number of thiazole rings is 1. The molecule has 14 heavy (non-hydrogen) atoms. The van der Waals surface area contributed by atoms with E-state index in [0.29, 0.717) is 5.01 Å². The number of nitrogens with zero attached hydrogens (tertiary/aromatic N) is 2. The van der Waals surface area contributed by atoms with Crippen molar-refractivity contribution in [1.29, 1.82) is 0 Å². The molecule has 2 heterocycles. The number of carbonyl (C=O) groups excluding carboxylic acids is 1. The highest BCUT2D eigenvalue weighted by Gasteiger charge is 2.18. The number of nitrogens with one attached hydrogen (secondary N) is 1. The van der Waals surface area contributed by atoms with Crippen molar-refractivity contribution in [2.75, 3.05) is 26.2 Å². The summed E-state index contributed by atoms with van der Waals surface area (Å²) >= 11 is 1.41. The van der Waals surface area contributed by atoms with Gasteiger partial charge in [0, 0.05) is 31.2 Å². The predicted octanol–water partition coefficient (Wildman–Crippen LogP) is 0.579. The van der Waals surface area contributed by atoms with E-state index in [-0.39, 0.29) is 5.91 Å². The van der Waals surface area contributed by atoms with Gasteiger partial charge in [-0.15, -0.1) is 11.3 Å². The molecule has 0 bridgehead atoms. The van der Waals surface area contributed by atoms with Gasteiger partial charge in [-0.2, -0.15) is 0 Å². The van der Waals surface area contributed by atoms with Gasteiger partial charge in [-0.05, 0) is 13.0 Å². The normalized spacial score (nSPS) is 17.9. The molecule has 0 aromatic carbocycles. The molecule has 0 radical (unpaired) electrons. The summed E-state index contributed by atoms with van der Waals surface area (Å²) in [6.45, 7) is 3.52. The fourth-order valence-electron chi connectivity index (χ4n) is 1.51. The van der Waals surface area contributed by atoms with Crippen LogP contribution in [-0.4, -0.2) is 42.0 Å². The topological polar surface area (TPSA) is 45.2 Å². The van der Waals surface area contributed by atoms with Gasteiger partial charge >= 0.3 is 0 Å². The van der Waals surface area contributed by atoms with Crippen molar-refractivity contribution in [3.8, 4) is 0 Å². The van der Waals surface area contributed by atoms with Crippen molar-refractivity contribution in [2.24, 2.45) is 0 Å². The molecular formula is C9H13N3OS. The maximum absolute atomic E-state index is 11.9. The van der Waals surface area contributed by atoms with Gasteiger partial charge < -0.3 is 10.2 Å². The number of carbonyl (C=O) groups is 1. The van der Waals surface area contributed by atoms with Crippen molar-refractivity contribution in [1.82, 2.24) is 15.2 Å². The largest absolute Gasteiger partial charge is 0.335 e. The van der Waals surface area contributed by atoms with Crippen molar-refractivity contribution >= 4 is 17.2 Å². The third-order valence-electron chi connectivity index (χ3n) is 2.24. The Balaban J connectivity index is 2.03. The zero-order valence-electron chi connectivity index (χ0n) is 7.90. The highest BCUT2D eigenvalue weighted by Crippen LogP contribution is 2.09. The second kappa shape index (κ2) is 4.52. The van der Waals surface area contributed by atoms with Crippen LogP contribution < -0.4 is 5.32 Å². The zero-order chi connectivity index (χ0) is 9.80. The molecule has 0 saturated carbocycles. The highest BCUT2D eigenvalue weighted by atomic mass is 32.1. The van der Waals surface area contributed by atoms with Crippen LogP contribution in [0.2, 0.25) is 0 Å². The van der Waals surface area contributed by atoms with Crippen molar-refractivity contribution in [2.45, 2.75) is 6.42 Å². The third kappa shape index (κ3) is 2.10. The van der Waals surface area contributed by atoms with Crippen LogP contribution >= 0.6 is 11.3 Å². The van der Waals surface area contributed by atoms with Crippen LogP contribution in [0.5, 0.6) is 0 Å². The first-order valence-corrected chi connectivity index (χ1v) is 5.65. The summed E-state index contributed by atoms with van der Waals surface area (Å²) in [7, 11) is 0. The summed E-state index contributed by atoms with van der Waals surface area (Å²) in [6, 6.07) is 0. The molecule has 76 valence electrons. The first kappa shape index (κ1) is 9.61. The lowest BCUT2D eigenvalue weighted by Crippen LogP contribution is -2.34. The summed E-state index contributed by atoms with van der Waals surface area (Å²) in [5.41, 5.74) is 0. The lowest BCUT2D eigenvalue weighted by Gasteiger charge is -2.17. The molecule has 1 aromatic rings. The fraction of sp³-hybridized carbons (Fsp3) is 0.556. The van der Waals surface area contributed by atoms with Crippen LogP contribution in [0.25, 0.3) is 0 Å². The molecule has 1 amide bonds. The summed E-state index contributed by atoms with van der Waals surface area (Å²) < 4.78 is 0. The van der Waals surface area contributed by atoms with Gasteiger partial charge in [0.2, 0.25) is 0 Å². The summed E-state index contributed by atoms with van der Waals surface area (Å²) in [5.74, 6) is 0.0729. The zero-order valence-corrected chi connectivity index (χ0v) is 8.72. The number of amides is 1. The first-order valence-electron chi connectivity index (χ1n) is 4.77. The Kier molecular flexibility index (Phi) is 3.10. The molecule has 0 atom stereocenters. The third-order valence-corrected chi connectivity index (χ3v) is 3.00. The van der Waals surface area contributed by atoms with Crippen LogP contribution in [0, 0.1) is 0 Å². The summed E-state index contributed by atoms with van der Waals surface area (Å²) in [5, 5.41) is 5.71. The number of rotatable bonds is 1. The Labute approximate surface area is 86.9 Å². The molecule has 4 nitrogen and oxygen atoms in total. The van der Waals surface area contributed by atoms with Crippen LogP contribution in [0.15, 0.2) is 11.6 Å². The van der Waals surface area contributed by atoms with Gasteiger partial charge in [0.05, 0.1) is 0 Å². The molecule has 1 N–H and O–H groups in total. The molecule has 5 heteroatoms. The van der Waals surface area contributed by atoms with Crippen molar-refractivity contribution in [3.63, 3.8) is 0 Å². The van der Waals surface area contributed by atoms with E-state index >= 15 is 0 Å². The summed E-state index contributed by atoms with van der Waals surface area (Å²) in [6.07, 6.45) is 2.70. The van der Waals surface area contributed by atoms with E-state index in [9.17, 15) is 4.79 Å². The first-order chi connectivity index (χ1) is 6.88. The van der Waals surface area contributed by atoms with E-state index < -0.39 is 0 Å². The highest BCUT2D eigenvalue weighted by molar-refractivity contribution is 7.11. The molecule has 1 fully saturated rings. The Bertz CT molecular complexity index is 291. The van der Waals surface area contributed by atoms with Gasteiger partial charge in [-0.25, -0.2) is 4.98 Å². The molecule has 0 aliphatic carbocycles. The molecule has 1 saturated heterocycles. The Morgan fingerprint density at radius 2 is 2.43 bits per heavy atom. The van der Waals surface area contributed by atoms with Gasteiger partial charge in [-0.3, -0.25) is 4.79 Å². The minimum Gasteiger partial charge on any atom is -0.335 e. The van der Waals surface area contributed by atoms with E-state index in [2.05, 4.69) is 10.3 Å². The van der Waals surface area contributed by atoms with Crippen LogP contribution in [0.1, 0.15) is 16.2 Å². The van der Waals surface area contributed by atoms with Gasteiger partial charge in [0.1, 0.15) is 0 Å². The second-order valence-electron chi connectivity index (χ2n) is 3.23. The summed E-state index contributed by atoms with van der Waals surface area (Å²) in [4.78, 5) is 17.8. The smallest absolute Gasteiger partial charge is 0.282 e. The maximum atomic E-state index is 11.9. The standard InChI is InChI=1S/C9H13N3OS/c13-9(8-11-4-7-14-8)12-5-1-2-10-3-6-12/h4,7,10H,1-3,5-6H2. The monoisotopic (exact) mass is 211 g/mol. The Morgan fingerprint density at radius 3 is 3.21 bits per heavy atom. The maximum Gasteiger partial charge on any atom is 0.282 e. The predicted molar refractivity (Wildman–Crippen MR) is 55.5 cm³/mol. The number of hydrogen-bond acceptors (Lipinski definition) is 4. The molecule has 0 spiro atoms. The van der Waals surface area contributed by atoms with E-state index in [0.717, 1.165) is 32.6 Å². The van der Waals surface area contributed by atoms with Crippen LogP contribution in [0.4, 0.5) is 0 Å².